The van der Waals surface area contributed by atoms with Crippen LogP contribution in [0, 0.1) is 0 Å². The Morgan fingerprint density at radius 1 is 1.06 bits per heavy atom. The maximum Gasteiger partial charge on any atom is 0.253 e. The number of carbonyl (C=O) groups is 2. The summed E-state index contributed by atoms with van der Waals surface area (Å²) in [4.78, 5) is 24.9. The highest BCUT2D eigenvalue weighted by atomic mass is 35.5. The Bertz CT molecular complexity index is 1150. The minimum absolute atomic E-state index is 0.138. The van der Waals surface area contributed by atoms with Crippen molar-refractivity contribution in [3.8, 4) is 0 Å². The average Bonchev–Trinajstić information content (AvgIpc) is 3.13. The second-order valence-electron chi connectivity index (χ2n) is 7.83. The average molecular weight is 506 g/mol. The van der Waals surface area contributed by atoms with E-state index in [1.165, 1.54) is 23.4 Å². The summed E-state index contributed by atoms with van der Waals surface area (Å²) in [6.07, 6.45) is 0. The van der Waals surface area contributed by atoms with Crippen LogP contribution in [-0.2, 0) is 11.8 Å². The Morgan fingerprint density at radius 3 is 2.39 bits per heavy atom. The quantitative estimate of drug-likeness (QED) is 0.396. The Balaban J connectivity index is 1.57. The van der Waals surface area contributed by atoms with Crippen LogP contribution in [0.5, 0.6) is 0 Å². The number of anilines is 1. The van der Waals surface area contributed by atoms with Gasteiger partial charge in [-0.15, -0.1) is 10.2 Å². The SMILES string of the molecule is CC(C)c1ccc(NC(=O)CSc2nnc([C@H](C)NC(=O)c3ccc(Cl)cc3Cl)n2C)cc1. The predicted molar refractivity (Wildman–Crippen MR) is 133 cm³/mol. The molecule has 1 heterocycles. The third kappa shape index (κ3) is 6.50. The molecule has 0 aliphatic rings. The van der Waals surface area contributed by atoms with E-state index in [0.717, 1.165) is 5.69 Å². The van der Waals surface area contributed by atoms with E-state index < -0.39 is 6.04 Å². The number of benzene rings is 2. The van der Waals surface area contributed by atoms with Crippen LogP contribution in [0.1, 0.15) is 54.5 Å². The van der Waals surface area contributed by atoms with Crippen molar-refractivity contribution in [3.63, 3.8) is 0 Å². The molecule has 0 aliphatic carbocycles. The fourth-order valence-corrected chi connectivity index (χ4v) is 4.33. The molecule has 33 heavy (non-hydrogen) atoms. The van der Waals surface area contributed by atoms with Gasteiger partial charge in [0.2, 0.25) is 5.91 Å². The lowest BCUT2D eigenvalue weighted by Gasteiger charge is -2.14. The third-order valence-corrected chi connectivity index (χ3v) is 6.54. The van der Waals surface area contributed by atoms with Gasteiger partial charge >= 0.3 is 0 Å². The number of nitrogens with one attached hydrogen (secondary N) is 2. The molecule has 2 aromatic carbocycles. The predicted octanol–water partition coefficient (Wildman–Crippen LogP) is 5.47. The van der Waals surface area contributed by atoms with Crippen LogP contribution in [0.4, 0.5) is 5.69 Å². The van der Waals surface area contributed by atoms with Crippen LogP contribution in [0.15, 0.2) is 47.6 Å². The molecule has 0 spiro atoms. The van der Waals surface area contributed by atoms with Gasteiger partial charge in [0.1, 0.15) is 0 Å². The lowest BCUT2D eigenvalue weighted by molar-refractivity contribution is -0.113. The minimum atomic E-state index is -0.426. The van der Waals surface area contributed by atoms with E-state index in [0.29, 0.717) is 27.5 Å². The van der Waals surface area contributed by atoms with Crippen LogP contribution in [-0.4, -0.2) is 32.3 Å². The van der Waals surface area contributed by atoms with Crippen molar-refractivity contribution < 1.29 is 9.59 Å². The summed E-state index contributed by atoms with van der Waals surface area (Å²) in [5.41, 5.74) is 2.29. The molecular weight excluding hydrogens is 481 g/mol. The van der Waals surface area contributed by atoms with Crippen LogP contribution in [0.3, 0.4) is 0 Å². The molecule has 0 aliphatic heterocycles. The zero-order valence-corrected chi connectivity index (χ0v) is 21.1. The third-order valence-electron chi connectivity index (χ3n) is 4.97. The molecule has 0 radical (unpaired) electrons. The van der Waals surface area contributed by atoms with Gasteiger partial charge in [-0.25, -0.2) is 0 Å². The largest absolute Gasteiger partial charge is 0.342 e. The summed E-state index contributed by atoms with van der Waals surface area (Å²) in [7, 11) is 1.79. The molecule has 1 atom stereocenters. The summed E-state index contributed by atoms with van der Waals surface area (Å²) >= 11 is 13.3. The van der Waals surface area contributed by atoms with Gasteiger partial charge in [-0.1, -0.05) is 60.9 Å². The Kier molecular flexibility index (Phi) is 8.40. The number of hydrogen-bond acceptors (Lipinski definition) is 5. The van der Waals surface area contributed by atoms with Crippen molar-refractivity contribution in [1.29, 1.82) is 0 Å². The maximum atomic E-state index is 12.6. The van der Waals surface area contributed by atoms with E-state index in [1.54, 1.807) is 30.7 Å². The van der Waals surface area contributed by atoms with Gasteiger partial charge in [-0.05, 0) is 48.7 Å². The van der Waals surface area contributed by atoms with Crippen LogP contribution in [0.25, 0.3) is 0 Å². The highest BCUT2D eigenvalue weighted by Gasteiger charge is 2.20. The van der Waals surface area contributed by atoms with Crippen molar-refractivity contribution >= 4 is 52.5 Å². The molecule has 2 N–H and O–H groups in total. The zero-order valence-electron chi connectivity index (χ0n) is 18.7. The summed E-state index contributed by atoms with van der Waals surface area (Å²) in [6, 6.07) is 12.1. The van der Waals surface area contributed by atoms with Crippen molar-refractivity contribution in [3.05, 3.63) is 69.5 Å². The number of carbonyl (C=O) groups excluding carboxylic acids is 2. The molecule has 10 heteroatoms. The highest BCUT2D eigenvalue weighted by Crippen LogP contribution is 2.23. The summed E-state index contributed by atoms with van der Waals surface area (Å²) in [6.45, 7) is 6.05. The lowest BCUT2D eigenvalue weighted by atomic mass is 10.0. The number of thioether (sulfide) groups is 1. The summed E-state index contributed by atoms with van der Waals surface area (Å²) in [5.74, 6) is 0.690. The molecule has 0 fully saturated rings. The van der Waals surface area contributed by atoms with Crippen LogP contribution < -0.4 is 10.6 Å². The molecule has 7 nitrogen and oxygen atoms in total. The van der Waals surface area contributed by atoms with E-state index in [2.05, 4.69) is 34.7 Å². The van der Waals surface area contributed by atoms with Crippen LogP contribution >= 0.6 is 35.0 Å². The first-order chi connectivity index (χ1) is 15.7. The summed E-state index contributed by atoms with van der Waals surface area (Å²) in [5, 5.41) is 15.4. The second-order valence-corrected chi connectivity index (χ2v) is 9.62. The smallest absolute Gasteiger partial charge is 0.253 e. The molecule has 1 aromatic heterocycles. The van der Waals surface area contributed by atoms with Crippen LogP contribution in [0.2, 0.25) is 10.0 Å². The van der Waals surface area contributed by atoms with Gasteiger partial charge in [0.25, 0.3) is 5.91 Å². The van der Waals surface area contributed by atoms with E-state index in [-0.39, 0.29) is 22.6 Å². The first kappa shape index (κ1) is 25.1. The van der Waals surface area contributed by atoms with Gasteiger partial charge in [-0.3, -0.25) is 9.59 Å². The molecule has 3 rings (SSSR count). The van der Waals surface area contributed by atoms with Crippen molar-refractivity contribution in [2.75, 3.05) is 11.1 Å². The molecule has 174 valence electrons. The fourth-order valence-electron chi connectivity index (χ4n) is 3.12. The second kappa shape index (κ2) is 11.0. The molecule has 0 bridgehead atoms. The van der Waals surface area contributed by atoms with Gasteiger partial charge < -0.3 is 15.2 Å². The summed E-state index contributed by atoms with van der Waals surface area (Å²) < 4.78 is 1.75. The Hall–Kier alpha value is -2.55. The monoisotopic (exact) mass is 505 g/mol. The number of hydrogen-bond donors (Lipinski definition) is 2. The van der Waals surface area contributed by atoms with E-state index >= 15 is 0 Å². The lowest BCUT2D eigenvalue weighted by Crippen LogP contribution is -2.28. The number of halogens is 2. The molecular formula is C23H25Cl2N5O2S. The maximum absolute atomic E-state index is 12.6. The van der Waals surface area contributed by atoms with E-state index in [1.807, 2.05) is 24.3 Å². The van der Waals surface area contributed by atoms with E-state index in [9.17, 15) is 9.59 Å². The van der Waals surface area contributed by atoms with Gasteiger partial charge in [-0.2, -0.15) is 0 Å². The van der Waals surface area contributed by atoms with Gasteiger partial charge in [0.05, 0.1) is 22.4 Å². The number of nitrogens with zero attached hydrogens (tertiary/aromatic N) is 3. The highest BCUT2D eigenvalue weighted by molar-refractivity contribution is 7.99. The van der Waals surface area contributed by atoms with Crippen molar-refractivity contribution in [2.24, 2.45) is 7.05 Å². The molecule has 0 saturated heterocycles. The Labute approximate surface area is 207 Å². The topological polar surface area (TPSA) is 88.9 Å². The molecule has 0 saturated carbocycles. The van der Waals surface area contributed by atoms with E-state index in [4.69, 9.17) is 23.2 Å². The van der Waals surface area contributed by atoms with Gasteiger partial charge in [0.15, 0.2) is 11.0 Å². The molecule has 0 unspecified atom stereocenters. The van der Waals surface area contributed by atoms with Gasteiger partial charge in [0, 0.05) is 17.8 Å². The first-order valence-electron chi connectivity index (χ1n) is 10.3. The van der Waals surface area contributed by atoms with Crippen molar-refractivity contribution in [2.45, 2.75) is 37.9 Å². The first-order valence-corrected chi connectivity index (χ1v) is 12.1. The fraction of sp³-hybridized carbons (Fsp3) is 0.304. The van der Waals surface area contributed by atoms with Crippen molar-refractivity contribution in [1.82, 2.24) is 20.1 Å². The molecule has 3 aromatic rings. The zero-order chi connectivity index (χ0) is 24.1. The standard InChI is InChI=1S/C23H25Cl2N5O2S/c1-13(2)15-5-8-17(9-6-15)27-20(31)12-33-23-29-28-21(30(23)4)14(3)26-22(32)18-10-7-16(24)11-19(18)25/h5-11,13-14H,12H2,1-4H3,(H,26,32)(H,27,31)/t14-/m0/s1. The number of aromatic nitrogens is 3. The molecule has 2 amide bonds. The Morgan fingerprint density at radius 2 is 1.76 bits per heavy atom. The number of rotatable bonds is 8. The number of amides is 2. The minimum Gasteiger partial charge on any atom is -0.342 e. The normalized spacial score (nSPS) is 12.0.